The summed E-state index contributed by atoms with van der Waals surface area (Å²) in [5.41, 5.74) is -1.99. The van der Waals surface area contributed by atoms with Gasteiger partial charge in [-0.25, -0.2) is 18.0 Å². The van der Waals surface area contributed by atoms with E-state index in [4.69, 9.17) is 16.3 Å². The Morgan fingerprint density at radius 3 is 2.26 bits per heavy atom. The molecule has 2 aliphatic heterocycles. The number of halogens is 7. The Morgan fingerprint density at radius 1 is 1.00 bits per heavy atom. The Balaban J connectivity index is 1.20. The highest BCUT2D eigenvalue weighted by Gasteiger charge is 2.61. The van der Waals surface area contributed by atoms with Crippen molar-refractivity contribution in [1.82, 2.24) is 19.6 Å². The zero-order valence-corrected chi connectivity index (χ0v) is 29.8. The van der Waals surface area contributed by atoms with E-state index in [2.05, 4.69) is 5.10 Å². The van der Waals surface area contributed by atoms with Crippen molar-refractivity contribution in [3.8, 4) is 0 Å². The largest absolute Gasteiger partial charge is 0.478 e. The lowest BCUT2D eigenvalue weighted by Gasteiger charge is -2.52. The zero-order valence-electron chi connectivity index (χ0n) is 29.1. The average Bonchev–Trinajstić information content (AvgIpc) is 3.70. The summed E-state index contributed by atoms with van der Waals surface area (Å²) < 4.78 is 90.0. The molecule has 53 heavy (non-hydrogen) atoms. The number of benzene rings is 2. The van der Waals surface area contributed by atoms with E-state index in [-0.39, 0.29) is 99.2 Å². The Kier molecular flexibility index (Phi) is 10.4. The van der Waals surface area contributed by atoms with E-state index in [1.807, 2.05) is 0 Å². The van der Waals surface area contributed by atoms with Gasteiger partial charge in [-0.05, 0) is 61.9 Å². The van der Waals surface area contributed by atoms with Gasteiger partial charge in [-0.3, -0.25) is 14.3 Å². The molecule has 3 fully saturated rings. The molecule has 2 amide bonds. The summed E-state index contributed by atoms with van der Waals surface area (Å²) in [5, 5.41) is 14.6. The highest BCUT2D eigenvalue weighted by atomic mass is 35.5. The van der Waals surface area contributed by atoms with Crippen molar-refractivity contribution in [2.45, 2.75) is 70.7 Å². The fourth-order valence-corrected chi connectivity index (χ4v) is 7.91. The molecule has 1 aromatic heterocycles. The molecule has 16 heteroatoms. The fraction of sp³-hybridized carbons (Fsp3) is 0.514. The zero-order chi connectivity index (χ0) is 38.5. The molecule has 286 valence electrons. The Morgan fingerprint density at radius 2 is 1.64 bits per heavy atom. The van der Waals surface area contributed by atoms with E-state index in [1.165, 1.54) is 29.1 Å². The van der Waals surface area contributed by atoms with Crippen molar-refractivity contribution in [2.24, 2.45) is 16.7 Å². The van der Waals surface area contributed by atoms with E-state index in [0.717, 1.165) is 24.3 Å². The quantitative estimate of drug-likeness (QED) is 0.216. The van der Waals surface area contributed by atoms with Crippen molar-refractivity contribution in [1.29, 1.82) is 0 Å². The van der Waals surface area contributed by atoms with Crippen LogP contribution in [0.3, 0.4) is 0 Å². The first-order chi connectivity index (χ1) is 24.8. The van der Waals surface area contributed by atoms with Gasteiger partial charge in [0.25, 0.3) is 5.91 Å². The summed E-state index contributed by atoms with van der Waals surface area (Å²) in [7, 11) is 0. The predicted octanol–water partition coefficient (Wildman–Crippen LogP) is 7.42. The molecule has 0 radical (unpaired) electrons. The number of carboxylic acids is 1. The fourth-order valence-electron chi connectivity index (χ4n) is 7.70. The van der Waals surface area contributed by atoms with Crippen LogP contribution in [0, 0.1) is 22.6 Å². The topological polar surface area (TPSA) is 105 Å². The molecule has 1 aliphatic carbocycles. The molecule has 0 unspecified atom stereocenters. The summed E-state index contributed by atoms with van der Waals surface area (Å²) in [6, 6.07) is 8.87. The van der Waals surface area contributed by atoms with E-state index in [9.17, 15) is 45.8 Å². The lowest BCUT2D eigenvalue weighted by molar-refractivity contribution is -0.223. The maximum absolute atomic E-state index is 13.9. The molecule has 3 aromatic rings. The smallest absolute Gasteiger partial charge is 0.402 e. The first kappa shape index (κ1) is 38.6. The Bertz CT molecular complexity index is 1870. The summed E-state index contributed by atoms with van der Waals surface area (Å²) in [6.07, 6.45) is -2.36. The van der Waals surface area contributed by atoms with Crippen molar-refractivity contribution in [3.05, 3.63) is 87.4 Å². The monoisotopic (exact) mass is 768 g/mol. The summed E-state index contributed by atoms with van der Waals surface area (Å²) >= 11 is 6.47. The van der Waals surface area contributed by atoms with Gasteiger partial charge in [0.2, 0.25) is 11.8 Å². The van der Waals surface area contributed by atoms with Crippen molar-refractivity contribution in [2.75, 3.05) is 32.8 Å². The second kappa shape index (κ2) is 14.3. The molecule has 1 N–H and O–H groups in total. The number of carbonyl (C=O) groups is 3. The van der Waals surface area contributed by atoms with Crippen LogP contribution < -0.4 is 0 Å². The molecule has 1 spiro atoms. The van der Waals surface area contributed by atoms with Crippen LogP contribution in [-0.4, -0.2) is 87.4 Å². The van der Waals surface area contributed by atoms with Gasteiger partial charge in [-0.1, -0.05) is 29.8 Å². The maximum Gasteiger partial charge on any atom is 0.402 e. The number of aromatic nitrogens is 2. The number of carbonyl (C=O) groups excluding carboxylic acids is 2. The first-order valence-corrected chi connectivity index (χ1v) is 17.6. The summed E-state index contributed by atoms with van der Waals surface area (Å²) in [4.78, 5) is 42.0. The second-order valence-electron chi connectivity index (χ2n) is 15.0. The minimum atomic E-state index is -4.78. The highest BCUT2D eigenvalue weighted by Crippen LogP contribution is 2.48. The van der Waals surface area contributed by atoms with Crippen molar-refractivity contribution >= 4 is 29.4 Å². The number of amides is 2. The Labute approximate surface area is 306 Å². The van der Waals surface area contributed by atoms with Gasteiger partial charge < -0.3 is 19.6 Å². The van der Waals surface area contributed by atoms with Gasteiger partial charge in [0.05, 0.1) is 37.1 Å². The summed E-state index contributed by atoms with van der Waals surface area (Å²) in [5.74, 6) is -6.83. The van der Waals surface area contributed by atoms with E-state index < -0.39 is 52.5 Å². The van der Waals surface area contributed by atoms with Crippen LogP contribution >= 0.6 is 11.6 Å². The number of nitrogens with zero attached hydrogens (tertiary/aromatic N) is 4. The molecule has 3 heterocycles. The van der Waals surface area contributed by atoms with Gasteiger partial charge >= 0.3 is 12.1 Å². The third-order valence-corrected chi connectivity index (χ3v) is 11.4. The SMILES string of the molecule is CC(C)(C(=O)N1CC2(CN(C(=O)c3cnn(Cc4ccc(F)cc4)c3)C[C@H]2COCc2c(Cl)ccc(C3CCC(F)(F)CC3)c2C(=O)O)C1)C(F)(F)F. The van der Waals surface area contributed by atoms with Gasteiger partial charge in [0.1, 0.15) is 11.2 Å². The Hall–Kier alpha value is -4.11. The first-order valence-electron chi connectivity index (χ1n) is 17.2. The number of rotatable bonds is 10. The number of hydrogen-bond acceptors (Lipinski definition) is 5. The molecule has 3 aliphatic rings. The molecule has 9 nitrogen and oxygen atoms in total. The molecule has 2 aromatic carbocycles. The van der Waals surface area contributed by atoms with Crippen LogP contribution in [0.15, 0.2) is 48.8 Å². The molecular weight excluding hydrogens is 730 g/mol. The van der Waals surface area contributed by atoms with Gasteiger partial charge in [0.15, 0.2) is 0 Å². The van der Waals surface area contributed by atoms with Crippen molar-refractivity contribution < 1.29 is 50.6 Å². The number of carboxylic acid groups (broad SMARTS) is 1. The third kappa shape index (κ3) is 7.78. The van der Waals surface area contributed by atoms with Crippen LogP contribution in [0.25, 0.3) is 0 Å². The van der Waals surface area contributed by atoms with Crippen LogP contribution in [0.5, 0.6) is 0 Å². The minimum absolute atomic E-state index is 0.0480. The number of likely N-dealkylation sites (tertiary alicyclic amines) is 2. The van der Waals surface area contributed by atoms with Crippen LogP contribution in [0.2, 0.25) is 5.02 Å². The molecule has 1 atom stereocenters. The minimum Gasteiger partial charge on any atom is -0.478 e. The summed E-state index contributed by atoms with van der Waals surface area (Å²) in [6.45, 7) is 1.73. The molecule has 2 saturated heterocycles. The number of alkyl halides is 5. The van der Waals surface area contributed by atoms with Crippen molar-refractivity contribution in [3.63, 3.8) is 0 Å². The second-order valence-corrected chi connectivity index (χ2v) is 15.4. The predicted molar refractivity (Wildman–Crippen MR) is 180 cm³/mol. The van der Waals surface area contributed by atoms with Gasteiger partial charge in [-0.2, -0.15) is 18.3 Å². The molecular formula is C37H39ClF6N4O5. The van der Waals surface area contributed by atoms with Crippen LogP contribution in [-0.2, 0) is 22.7 Å². The number of aromatic carboxylic acids is 1. The molecule has 1 saturated carbocycles. The number of hydrogen-bond donors (Lipinski definition) is 1. The highest BCUT2D eigenvalue weighted by molar-refractivity contribution is 6.31. The van der Waals surface area contributed by atoms with E-state index >= 15 is 0 Å². The van der Waals surface area contributed by atoms with E-state index in [0.29, 0.717) is 5.56 Å². The third-order valence-electron chi connectivity index (χ3n) is 11.0. The van der Waals surface area contributed by atoms with Crippen LogP contribution in [0.1, 0.15) is 82.9 Å². The van der Waals surface area contributed by atoms with Crippen LogP contribution in [0.4, 0.5) is 26.3 Å². The lowest BCUT2D eigenvalue weighted by Crippen LogP contribution is -2.66. The van der Waals surface area contributed by atoms with Gasteiger partial charge in [0, 0.05) is 67.1 Å². The average molecular weight is 769 g/mol. The lowest BCUT2D eigenvalue weighted by atomic mass is 9.70. The maximum atomic E-state index is 13.9. The molecule has 6 rings (SSSR count). The van der Waals surface area contributed by atoms with Gasteiger partial charge in [-0.15, -0.1) is 0 Å². The normalized spacial score (nSPS) is 20.1. The number of ether oxygens (including phenoxy) is 1. The molecule has 0 bridgehead atoms. The van der Waals surface area contributed by atoms with E-state index in [1.54, 1.807) is 29.3 Å². The standard InChI is InChI=1S/C37H39ClF6N4O5/c1-34(2,37(42,43)44)33(52)47-20-35(21-47)19-46(31(49)24-13-45-48(15-24)14-22-3-5-26(39)6-4-22)16-25(35)17-53-18-28-29(38)8-7-27(30(28)32(50)51)23-9-11-36(40,41)12-10-23/h3-8,13,15,23,25H,9-12,14,16-21H2,1-2H3,(H,50,51)/t25-/m0/s1.